The standard InChI is InChI=1S/C17H19N5O3/c1-3-24-14-7-6-12(10-13(14)11-22-9-5-8-18-22)15-16(20-21-19-15)17(23)25-4-2/h5-10H,3-4,11H2,1-2H3,(H,19,20,21). The van der Waals surface area contributed by atoms with Gasteiger partial charge >= 0.3 is 5.97 Å². The normalized spacial score (nSPS) is 10.6. The molecular formula is C17H19N5O3. The van der Waals surface area contributed by atoms with Crippen molar-refractivity contribution in [2.75, 3.05) is 13.2 Å². The van der Waals surface area contributed by atoms with Crippen LogP contribution >= 0.6 is 0 Å². The summed E-state index contributed by atoms with van der Waals surface area (Å²) in [5.74, 6) is 0.261. The molecule has 0 saturated carbocycles. The van der Waals surface area contributed by atoms with E-state index in [1.165, 1.54) is 0 Å². The lowest BCUT2D eigenvalue weighted by Crippen LogP contribution is -2.07. The molecule has 0 unspecified atom stereocenters. The van der Waals surface area contributed by atoms with Crippen LogP contribution in [-0.4, -0.2) is 44.4 Å². The summed E-state index contributed by atoms with van der Waals surface area (Å²) in [6, 6.07) is 7.49. The molecule has 0 spiro atoms. The lowest BCUT2D eigenvalue weighted by molar-refractivity contribution is 0.0520. The van der Waals surface area contributed by atoms with Crippen molar-refractivity contribution in [1.29, 1.82) is 0 Å². The van der Waals surface area contributed by atoms with Crippen molar-refractivity contribution < 1.29 is 14.3 Å². The Morgan fingerprint density at radius 2 is 2.12 bits per heavy atom. The molecule has 130 valence electrons. The van der Waals surface area contributed by atoms with E-state index in [1.54, 1.807) is 17.8 Å². The fourth-order valence-electron chi connectivity index (χ4n) is 2.49. The van der Waals surface area contributed by atoms with Gasteiger partial charge in [-0.3, -0.25) is 4.68 Å². The summed E-state index contributed by atoms with van der Waals surface area (Å²) in [6.45, 7) is 5.06. The lowest BCUT2D eigenvalue weighted by Gasteiger charge is -2.12. The number of hydrogen-bond acceptors (Lipinski definition) is 6. The van der Waals surface area contributed by atoms with Gasteiger partial charge in [-0.15, -0.1) is 5.10 Å². The number of nitrogens with one attached hydrogen (secondary N) is 1. The van der Waals surface area contributed by atoms with Crippen molar-refractivity contribution in [2.45, 2.75) is 20.4 Å². The first-order valence-electron chi connectivity index (χ1n) is 8.04. The first kappa shape index (κ1) is 16.7. The van der Waals surface area contributed by atoms with E-state index in [4.69, 9.17) is 9.47 Å². The highest BCUT2D eigenvalue weighted by Crippen LogP contribution is 2.28. The number of rotatable bonds is 7. The Bertz CT molecular complexity index is 842. The van der Waals surface area contributed by atoms with E-state index >= 15 is 0 Å². The summed E-state index contributed by atoms with van der Waals surface area (Å²) >= 11 is 0. The Labute approximate surface area is 144 Å². The van der Waals surface area contributed by atoms with Crippen LogP contribution in [0.2, 0.25) is 0 Å². The average Bonchev–Trinajstić information content (AvgIpc) is 3.28. The Kier molecular flexibility index (Phi) is 5.08. The second-order valence-electron chi connectivity index (χ2n) is 5.20. The SMILES string of the molecule is CCOC(=O)c1n[nH]nc1-c1ccc(OCC)c(Cn2cccn2)c1. The van der Waals surface area contributed by atoms with Crippen molar-refractivity contribution in [3.05, 3.63) is 47.9 Å². The summed E-state index contributed by atoms with van der Waals surface area (Å²) in [7, 11) is 0. The predicted octanol–water partition coefficient (Wildman–Crippen LogP) is 2.29. The van der Waals surface area contributed by atoms with E-state index in [0.717, 1.165) is 16.9 Å². The van der Waals surface area contributed by atoms with Crippen molar-refractivity contribution in [2.24, 2.45) is 0 Å². The summed E-state index contributed by atoms with van der Waals surface area (Å²) < 4.78 is 12.5. The molecule has 0 bridgehead atoms. The predicted molar refractivity (Wildman–Crippen MR) is 90.3 cm³/mol. The molecule has 0 aliphatic carbocycles. The summed E-state index contributed by atoms with van der Waals surface area (Å²) in [5.41, 5.74) is 2.29. The molecule has 0 amide bonds. The monoisotopic (exact) mass is 341 g/mol. The zero-order chi connectivity index (χ0) is 17.6. The Hall–Kier alpha value is -3.16. The smallest absolute Gasteiger partial charge is 0.361 e. The maximum atomic E-state index is 12.0. The Balaban J connectivity index is 1.98. The summed E-state index contributed by atoms with van der Waals surface area (Å²) in [4.78, 5) is 12.0. The van der Waals surface area contributed by atoms with Crippen molar-refractivity contribution in [1.82, 2.24) is 25.2 Å². The number of aromatic amines is 1. The van der Waals surface area contributed by atoms with Crippen molar-refractivity contribution in [3.63, 3.8) is 0 Å². The van der Waals surface area contributed by atoms with Crippen molar-refractivity contribution >= 4 is 5.97 Å². The number of nitrogens with zero attached hydrogens (tertiary/aromatic N) is 4. The molecule has 0 atom stereocenters. The first-order chi connectivity index (χ1) is 12.2. The van der Waals surface area contributed by atoms with Gasteiger partial charge in [0.1, 0.15) is 11.4 Å². The molecule has 0 aliphatic rings. The molecule has 1 N–H and O–H groups in total. The molecule has 8 heteroatoms. The number of hydrogen-bond donors (Lipinski definition) is 1. The third-order valence-electron chi connectivity index (χ3n) is 3.54. The molecule has 3 rings (SSSR count). The van der Waals surface area contributed by atoms with Gasteiger partial charge in [-0.25, -0.2) is 4.79 Å². The van der Waals surface area contributed by atoms with E-state index in [9.17, 15) is 4.79 Å². The van der Waals surface area contributed by atoms with Gasteiger partial charge in [0.05, 0.1) is 19.8 Å². The lowest BCUT2D eigenvalue weighted by atomic mass is 10.1. The Morgan fingerprint density at radius 1 is 1.24 bits per heavy atom. The van der Waals surface area contributed by atoms with Gasteiger partial charge in [-0.1, -0.05) is 0 Å². The van der Waals surface area contributed by atoms with E-state index in [-0.39, 0.29) is 12.3 Å². The minimum absolute atomic E-state index is 0.163. The molecule has 0 aliphatic heterocycles. The molecule has 8 nitrogen and oxygen atoms in total. The average molecular weight is 341 g/mol. The molecule has 3 aromatic rings. The van der Waals surface area contributed by atoms with Crippen LogP contribution < -0.4 is 4.74 Å². The van der Waals surface area contributed by atoms with E-state index < -0.39 is 5.97 Å². The van der Waals surface area contributed by atoms with Gasteiger partial charge < -0.3 is 9.47 Å². The zero-order valence-corrected chi connectivity index (χ0v) is 14.1. The van der Waals surface area contributed by atoms with Gasteiger partial charge in [0.25, 0.3) is 0 Å². The third kappa shape index (κ3) is 3.68. The molecular weight excluding hydrogens is 322 g/mol. The van der Waals surface area contributed by atoms with Gasteiger partial charge in [-0.05, 0) is 38.1 Å². The largest absolute Gasteiger partial charge is 0.494 e. The van der Waals surface area contributed by atoms with Crippen LogP contribution in [0.4, 0.5) is 0 Å². The van der Waals surface area contributed by atoms with Crippen LogP contribution in [0, 0.1) is 0 Å². The van der Waals surface area contributed by atoms with Gasteiger partial charge in [-0.2, -0.15) is 15.4 Å². The number of carbonyl (C=O) groups is 1. The third-order valence-corrected chi connectivity index (χ3v) is 3.54. The highest BCUT2D eigenvalue weighted by atomic mass is 16.5. The minimum atomic E-state index is -0.506. The quantitative estimate of drug-likeness (QED) is 0.663. The molecule has 25 heavy (non-hydrogen) atoms. The fourth-order valence-corrected chi connectivity index (χ4v) is 2.49. The number of aromatic nitrogens is 5. The molecule has 2 aromatic heterocycles. The minimum Gasteiger partial charge on any atom is -0.494 e. The Morgan fingerprint density at radius 3 is 2.84 bits per heavy atom. The molecule has 0 radical (unpaired) electrons. The van der Waals surface area contributed by atoms with Crippen LogP contribution in [0.5, 0.6) is 5.75 Å². The molecule has 0 fully saturated rings. The van der Waals surface area contributed by atoms with Crippen LogP contribution in [-0.2, 0) is 11.3 Å². The highest BCUT2D eigenvalue weighted by molar-refractivity contribution is 5.94. The van der Waals surface area contributed by atoms with Crippen molar-refractivity contribution in [3.8, 4) is 17.0 Å². The van der Waals surface area contributed by atoms with E-state index in [0.29, 0.717) is 18.8 Å². The number of carbonyl (C=O) groups excluding carboxylic acids is 1. The van der Waals surface area contributed by atoms with Gasteiger partial charge in [0, 0.05) is 23.5 Å². The maximum absolute atomic E-state index is 12.0. The summed E-state index contributed by atoms with van der Waals surface area (Å²) in [5, 5.41) is 14.7. The number of esters is 1. The molecule has 2 heterocycles. The van der Waals surface area contributed by atoms with Gasteiger partial charge in [0.15, 0.2) is 5.69 Å². The van der Waals surface area contributed by atoms with Crippen LogP contribution in [0.25, 0.3) is 11.3 Å². The first-order valence-corrected chi connectivity index (χ1v) is 8.04. The maximum Gasteiger partial charge on any atom is 0.361 e. The van der Waals surface area contributed by atoms with Gasteiger partial charge in [0.2, 0.25) is 0 Å². The van der Waals surface area contributed by atoms with Crippen LogP contribution in [0.1, 0.15) is 29.9 Å². The second kappa shape index (κ2) is 7.61. The highest BCUT2D eigenvalue weighted by Gasteiger charge is 2.20. The molecule has 0 saturated heterocycles. The number of H-pyrrole nitrogens is 1. The topological polar surface area (TPSA) is 94.9 Å². The van der Waals surface area contributed by atoms with Crippen LogP contribution in [0.15, 0.2) is 36.7 Å². The van der Waals surface area contributed by atoms with E-state index in [2.05, 4.69) is 20.5 Å². The molecule has 1 aromatic carbocycles. The zero-order valence-electron chi connectivity index (χ0n) is 14.1. The number of ether oxygens (including phenoxy) is 2. The van der Waals surface area contributed by atoms with Crippen LogP contribution in [0.3, 0.4) is 0 Å². The second-order valence-corrected chi connectivity index (χ2v) is 5.20. The fraction of sp³-hybridized carbons (Fsp3) is 0.294. The summed E-state index contributed by atoms with van der Waals surface area (Å²) in [6.07, 6.45) is 3.60. The number of benzene rings is 1. The van der Waals surface area contributed by atoms with E-state index in [1.807, 2.05) is 37.4 Å².